The maximum atomic E-state index is 12.7. The Morgan fingerprint density at radius 3 is 2.38 bits per heavy atom. The average Bonchev–Trinajstić information content (AvgIpc) is 2.60. The third-order valence-corrected chi connectivity index (χ3v) is 5.51. The quantitative estimate of drug-likeness (QED) is 0.639. The van der Waals surface area contributed by atoms with Gasteiger partial charge in [0.25, 0.3) is 15.9 Å². The summed E-state index contributed by atoms with van der Waals surface area (Å²) in [6.07, 6.45) is 0. The number of nitrogens with one attached hydrogen (secondary N) is 2. The highest BCUT2D eigenvalue weighted by Gasteiger charge is 2.23. The molecule has 0 atom stereocenters. The molecule has 29 heavy (non-hydrogen) atoms. The number of sulfonamides is 1. The zero-order valence-corrected chi connectivity index (χ0v) is 18.3. The van der Waals surface area contributed by atoms with Gasteiger partial charge in [0.15, 0.2) is 6.61 Å². The van der Waals surface area contributed by atoms with Gasteiger partial charge in [-0.1, -0.05) is 35.3 Å². The molecule has 0 fully saturated rings. The van der Waals surface area contributed by atoms with Gasteiger partial charge in [-0.25, -0.2) is 13.2 Å². The van der Waals surface area contributed by atoms with Crippen molar-refractivity contribution >= 4 is 50.8 Å². The molecular weight excluding hydrogens is 439 g/mol. The van der Waals surface area contributed by atoms with E-state index in [0.717, 1.165) is 0 Å². The molecule has 0 aromatic heterocycles. The normalized spacial score (nSPS) is 11.6. The van der Waals surface area contributed by atoms with Gasteiger partial charge in [-0.15, -0.1) is 0 Å². The van der Waals surface area contributed by atoms with Crippen LogP contribution in [0.3, 0.4) is 0 Å². The smallest absolute Gasteiger partial charge is 0.340 e. The molecule has 0 unspecified atom stereocenters. The summed E-state index contributed by atoms with van der Waals surface area (Å²) in [4.78, 5) is 24.0. The number of halogens is 2. The first kappa shape index (κ1) is 23.0. The first-order chi connectivity index (χ1) is 13.4. The Morgan fingerprint density at radius 1 is 1.07 bits per heavy atom. The van der Waals surface area contributed by atoms with E-state index < -0.39 is 34.0 Å². The van der Waals surface area contributed by atoms with Crippen LogP contribution in [0.4, 0.5) is 5.69 Å². The largest absolute Gasteiger partial charge is 0.452 e. The summed E-state index contributed by atoms with van der Waals surface area (Å²) in [5.74, 6) is -1.33. The van der Waals surface area contributed by atoms with Gasteiger partial charge < -0.3 is 10.1 Å². The molecule has 0 bridgehead atoms. The second-order valence-electron chi connectivity index (χ2n) is 7.10. The lowest BCUT2D eigenvalue weighted by Crippen LogP contribution is -2.42. The van der Waals surface area contributed by atoms with E-state index in [1.807, 2.05) is 0 Å². The van der Waals surface area contributed by atoms with Crippen molar-refractivity contribution in [3.05, 3.63) is 58.1 Å². The molecule has 156 valence electrons. The fourth-order valence-electron chi connectivity index (χ4n) is 2.30. The molecule has 7 nitrogen and oxygen atoms in total. The maximum absolute atomic E-state index is 12.7. The number of para-hydroxylation sites is 1. The third kappa shape index (κ3) is 6.62. The fourth-order valence-corrected chi connectivity index (χ4v) is 4.14. The van der Waals surface area contributed by atoms with Gasteiger partial charge in [0.1, 0.15) is 4.90 Å². The van der Waals surface area contributed by atoms with Gasteiger partial charge in [0.05, 0.1) is 16.3 Å². The number of carbonyl (C=O) groups is 2. The van der Waals surface area contributed by atoms with E-state index in [1.54, 1.807) is 26.8 Å². The van der Waals surface area contributed by atoms with Crippen molar-refractivity contribution in [2.24, 2.45) is 0 Å². The van der Waals surface area contributed by atoms with Crippen molar-refractivity contribution in [2.75, 3.05) is 11.3 Å². The van der Waals surface area contributed by atoms with Gasteiger partial charge in [0, 0.05) is 10.6 Å². The van der Waals surface area contributed by atoms with E-state index in [9.17, 15) is 18.0 Å². The van der Waals surface area contributed by atoms with Gasteiger partial charge in [-0.05, 0) is 51.1 Å². The summed E-state index contributed by atoms with van der Waals surface area (Å²) in [5.41, 5.74) is -0.560. The minimum atomic E-state index is -4.13. The number of esters is 1. The predicted octanol–water partition coefficient (Wildman–Crippen LogP) is 3.87. The summed E-state index contributed by atoms with van der Waals surface area (Å²) in [6.45, 7) is 4.87. The molecule has 2 aromatic carbocycles. The van der Waals surface area contributed by atoms with E-state index in [1.165, 1.54) is 36.4 Å². The molecule has 0 heterocycles. The molecule has 0 spiro atoms. The van der Waals surface area contributed by atoms with Crippen LogP contribution in [0.15, 0.2) is 47.4 Å². The van der Waals surface area contributed by atoms with Crippen LogP contribution in [0.25, 0.3) is 0 Å². The Morgan fingerprint density at radius 2 is 1.72 bits per heavy atom. The van der Waals surface area contributed by atoms with Gasteiger partial charge >= 0.3 is 5.97 Å². The van der Waals surface area contributed by atoms with Crippen LogP contribution in [0, 0.1) is 0 Å². The molecule has 2 rings (SSSR count). The molecule has 0 saturated heterocycles. The van der Waals surface area contributed by atoms with Gasteiger partial charge in [0.2, 0.25) is 0 Å². The molecule has 1 amide bonds. The van der Waals surface area contributed by atoms with Crippen LogP contribution in [0.2, 0.25) is 10.0 Å². The Hall–Kier alpha value is -2.29. The summed E-state index contributed by atoms with van der Waals surface area (Å²) < 4.78 is 32.7. The maximum Gasteiger partial charge on any atom is 0.340 e. The summed E-state index contributed by atoms with van der Waals surface area (Å²) >= 11 is 11.8. The SMILES string of the molecule is CC(C)(C)NC(=O)COC(=O)c1ccccc1NS(=O)(=O)c1cc(Cl)ccc1Cl. The van der Waals surface area contributed by atoms with Crippen molar-refractivity contribution in [2.45, 2.75) is 31.2 Å². The second kappa shape index (κ2) is 9.02. The van der Waals surface area contributed by atoms with Crippen molar-refractivity contribution in [1.82, 2.24) is 5.32 Å². The molecule has 0 aliphatic carbocycles. The Kier molecular flexibility index (Phi) is 7.15. The summed E-state index contributed by atoms with van der Waals surface area (Å²) in [5, 5.41) is 2.82. The first-order valence-corrected chi connectivity index (χ1v) is 10.7. The van der Waals surface area contributed by atoms with Crippen LogP contribution in [0.5, 0.6) is 0 Å². The van der Waals surface area contributed by atoms with Crippen molar-refractivity contribution in [3.63, 3.8) is 0 Å². The van der Waals surface area contributed by atoms with E-state index in [0.29, 0.717) is 0 Å². The zero-order chi connectivity index (χ0) is 21.8. The zero-order valence-electron chi connectivity index (χ0n) is 16.0. The molecule has 2 N–H and O–H groups in total. The third-order valence-electron chi connectivity index (χ3n) is 3.42. The summed E-state index contributed by atoms with van der Waals surface area (Å²) in [6, 6.07) is 9.85. The van der Waals surface area contributed by atoms with Crippen LogP contribution in [-0.4, -0.2) is 32.4 Å². The predicted molar refractivity (Wildman–Crippen MR) is 112 cm³/mol. The van der Waals surface area contributed by atoms with E-state index >= 15 is 0 Å². The van der Waals surface area contributed by atoms with Gasteiger partial charge in [-0.3, -0.25) is 9.52 Å². The van der Waals surface area contributed by atoms with E-state index in [-0.39, 0.29) is 26.2 Å². The standard InChI is InChI=1S/C19H20Cl2N2O5S/c1-19(2,3)22-17(24)11-28-18(25)13-6-4-5-7-15(13)23-29(26,27)16-10-12(20)8-9-14(16)21/h4-10,23H,11H2,1-3H3,(H,22,24). The number of hydrogen-bond donors (Lipinski definition) is 2. The van der Waals surface area contributed by atoms with Crippen LogP contribution in [-0.2, 0) is 19.6 Å². The fraction of sp³-hybridized carbons (Fsp3) is 0.263. The molecule has 0 radical (unpaired) electrons. The van der Waals surface area contributed by atoms with Crippen LogP contribution in [0.1, 0.15) is 31.1 Å². The Bertz CT molecular complexity index is 1030. The van der Waals surface area contributed by atoms with Crippen molar-refractivity contribution < 1.29 is 22.7 Å². The topological polar surface area (TPSA) is 102 Å². The molecule has 2 aromatic rings. The number of amides is 1. The summed E-state index contributed by atoms with van der Waals surface area (Å²) in [7, 11) is -4.13. The number of carbonyl (C=O) groups excluding carboxylic acids is 2. The minimum Gasteiger partial charge on any atom is -0.452 e. The average molecular weight is 459 g/mol. The second-order valence-corrected chi connectivity index (χ2v) is 9.59. The van der Waals surface area contributed by atoms with Crippen LogP contribution < -0.4 is 10.0 Å². The van der Waals surface area contributed by atoms with Crippen LogP contribution >= 0.6 is 23.2 Å². The lowest BCUT2D eigenvalue weighted by Gasteiger charge is -2.20. The molecular formula is C19H20Cl2N2O5S. The monoisotopic (exact) mass is 458 g/mol. The lowest BCUT2D eigenvalue weighted by molar-refractivity contribution is -0.125. The van der Waals surface area contributed by atoms with E-state index in [2.05, 4.69) is 10.0 Å². The highest BCUT2D eigenvalue weighted by Crippen LogP contribution is 2.28. The molecule has 10 heteroatoms. The Labute approximate surface area is 179 Å². The van der Waals surface area contributed by atoms with Crippen molar-refractivity contribution in [1.29, 1.82) is 0 Å². The molecule has 0 saturated carbocycles. The molecule has 0 aliphatic rings. The molecule has 0 aliphatic heterocycles. The van der Waals surface area contributed by atoms with Crippen molar-refractivity contribution in [3.8, 4) is 0 Å². The number of anilines is 1. The Balaban J connectivity index is 2.21. The lowest BCUT2D eigenvalue weighted by atomic mass is 10.1. The number of ether oxygens (including phenoxy) is 1. The number of hydrogen-bond acceptors (Lipinski definition) is 5. The highest BCUT2D eigenvalue weighted by molar-refractivity contribution is 7.92. The van der Waals surface area contributed by atoms with Gasteiger partial charge in [-0.2, -0.15) is 0 Å². The van der Waals surface area contributed by atoms with E-state index in [4.69, 9.17) is 27.9 Å². The first-order valence-electron chi connectivity index (χ1n) is 8.44. The number of rotatable bonds is 6. The highest BCUT2D eigenvalue weighted by atomic mass is 35.5. The number of benzene rings is 2. The minimum absolute atomic E-state index is 0.0234.